The topological polar surface area (TPSA) is 106 Å². The van der Waals surface area contributed by atoms with E-state index >= 15 is 0 Å². The van der Waals surface area contributed by atoms with Crippen LogP contribution in [0.4, 0.5) is 5.69 Å². The number of nitrogen functional groups attached to an aromatic ring is 1. The van der Waals surface area contributed by atoms with Crippen LogP contribution in [-0.4, -0.2) is 45.2 Å². The van der Waals surface area contributed by atoms with E-state index in [1.807, 2.05) is 44.1 Å². The maximum Gasteiger partial charge on any atom is 0.340 e. The van der Waals surface area contributed by atoms with Crippen molar-refractivity contribution in [3.8, 4) is 5.75 Å². The molecule has 0 spiro atoms. The van der Waals surface area contributed by atoms with Gasteiger partial charge in [-0.3, -0.25) is 4.72 Å². The SMILES string of the molecule is CNS.C[N-]C.Cc1c(N)cccc1Cc1c(CN(C)C)c2ccc(O)cc2oc1=O.[Y]. The minimum Gasteiger partial charge on any atom is -0.668 e. The zero-order chi connectivity index (χ0) is 23.6. The van der Waals surface area contributed by atoms with E-state index < -0.39 is 0 Å². The molecule has 0 unspecified atom stereocenters. The Hall–Kier alpha value is -1.42. The van der Waals surface area contributed by atoms with Crippen molar-refractivity contribution in [3.63, 3.8) is 0 Å². The van der Waals surface area contributed by atoms with Crippen LogP contribution in [0.1, 0.15) is 22.3 Å². The number of hydrogen-bond acceptors (Lipinski definition) is 7. The van der Waals surface area contributed by atoms with Crippen LogP contribution in [-0.2, 0) is 45.7 Å². The summed E-state index contributed by atoms with van der Waals surface area (Å²) in [7, 11) is 9.15. The molecule has 2 aromatic carbocycles. The van der Waals surface area contributed by atoms with Crippen molar-refractivity contribution in [2.24, 2.45) is 0 Å². The van der Waals surface area contributed by atoms with E-state index in [4.69, 9.17) is 10.2 Å². The van der Waals surface area contributed by atoms with E-state index in [2.05, 4.69) is 22.9 Å². The molecule has 3 aromatic rings. The number of phenolic OH excluding ortho intramolecular Hbond substituents is 1. The Bertz CT molecular complexity index is 1040. The Morgan fingerprint density at radius 3 is 2.34 bits per heavy atom. The van der Waals surface area contributed by atoms with Crippen LogP contribution >= 0.6 is 12.8 Å². The number of nitrogens with one attached hydrogen (secondary N) is 1. The summed E-state index contributed by atoms with van der Waals surface area (Å²) >= 11 is 3.54. The van der Waals surface area contributed by atoms with E-state index in [9.17, 15) is 9.90 Å². The van der Waals surface area contributed by atoms with Gasteiger partial charge in [0, 0.05) is 68.4 Å². The molecule has 0 fully saturated rings. The van der Waals surface area contributed by atoms with Gasteiger partial charge in [0.15, 0.2) is 0 Å². The van der Waals surface area contributed by atoms with Crippen LogP contribution in [0.15, 0.2) is 45.6 Å². The van der Waals surface area contributed by atoms with Gasteiger partial charge in [-0.05, 0) is 63.0 Å². The van der Waals surface area contributed by atoms with Gasteiger partial charge >= 0.3 is 5.63 Å². The van der Waals surface area contributed by atoms with Gasteiger partial charge in [-0.25, -0.2) is 4.79 Å². The zero-order valence-electron chi connectivity index (χ0n) is 19.6. The van der Waals surface area contributed by atoms with Gasteiger partial charge in [0.25, 0.3) is 0 Å². The molecule has 9 heteroatoms. The molecular weight excluding hydrogens is 501 g/mol. The van der Waals surface area contributed by atoms with Crippen molar-refractivity contribution in [1.82, 2.24) is 9.62 Å². The molecule has 0 aliphatic rings. The molecule has 0 saturated carbocycles. The largest absolute Gasteiger partial charge is 0.668 e. The van der Waals surface area contributed by atoms with E-state index in [1.165, 1.54) is 6.07 Å². The number of anilines is 1. The van der Waals surface area contributed by atoms with Crippen LogP contribution in [0, 0.1) is 6.92 Å². The fourth-order valence-corrected chi connectivity index (χ4v) is 3.05. The molecule has 0 atom stereocenters. The van der Waals surface area contributed by atoms with Crippen LogP contribution in [0.2, 0.25) is 0 Å². The first-order chi connectivity index (χ1) is 14.7. The maximum atomic E-state index is 12.6. The summed E-state index contributed by atoms with van der Waals surface area (Å²) in [4.78, 5) is 14.7. The van der Waals surface area contributed by atoms with Crippen molar-refractivity contribution in [3.05, 3.63) is 74.4 Å². The van der Waals surface area contributed by atoms with E-state index in [-0.39, 0.29) is 44.1 Å². The standard InChI is InChI=1S/C20H22N2O3.C2H6N.CH5NS.Y/c1-12-13(5-4-6-18(12)21)9-16-17(11-22(2)3)15-8-7-14(23)10-19(15)25-20(16)24;1-3-2;1-2-3;/h4-8,10,23H,9,11,21H2,1-3H3;1-2H3;2-3H,1H3;/q;-1;;. The summed E-state index contributed by atoms with van der Waals surface area (Å²) in [6.45, 7) is 2.56. The molecule has 0 aliphatic heterocycles. The predicted octanol–water partition coefficient (Wildman–Crippen LogP) is 3.71. The van der Waals surface area contributed by atoms with Gasteiger partial charge in [-0.2, -0.15) is 14.1 Å². The number of thiol groups is 1. The molecule has 1 aromatic heterocycles. The quantitative estimate of drug-likeness (QED) is 0.231. The molecule has 32 heavy (non-hydrogen) atoms. The molecule has 1 heterocycles. The first kappa shape index (κ1) is 30.6. The molecule has 0 amide bonds. The number of nitrogens with zero attached hydrogens (tertiary/aromatic N) is 2. The molecule has 4 N–H and O–H groups in total. The molecule has 3 rings (SSSR count). The summed E-state index contributed by atoms with van der Waals surface area (Å²) in [6.07, 6.45) is 0.458. The Kier molecular flexibility index (Phi) is 14.7. The summed E-state index contributed by atoms with van der Waals surface area (Å²) < 4.78 is 7.92. The number of hydrogen-bond donors (Lipinski definition) is 4. The van der Waals surface area contributed by atoms with Crippen molar-refractivity contribution in [2.45, 2.75) is 19.9 Å². The Labute approximate surface area is 221 Å². The molecule has 1 radical (unpaired) electrons. The second-order valence-electron chi connectivity index (χ2n) is 7.24. The van der Waals surface area contributed by atoms with Crippen LogP contribution < -0.4 is 16.1 Å². The monoisotopic (exact) mass is 534 g/mol. The summed E-state index contributed by atoms with van der Waals surface area (Å²) in [5, 5.41) is 14.0. The third-order valence-corrected chi connectivity index (χ3v) is 4.43. The smallest absolute Gasteiger partial charge is 0.340 e. The van der Waals surface area contributed by atoms with Gasteiger partial charge in [0.1, 0.15) is 11.3 Å². The Morgan fingerprint density at radius 1 is 1.19 bits per heavy atom. The predicted molar refractivity (Wildman–Crippen MR) is 133 cm³/mol. The van der Waals surface area contributed by atoms with E-state index in [0.29, 0.717) is 29.8 Å². The second kappa shape index (κ2) is 15.4. The van der Waals surface area contributed by atoms with Crippen molar-refractivity contribution in [2.75, 3.05) is 41.0 Å². The van der Waals surface area contributed by atoms with Crippen LogP contribution in [0.5, 0.6) is 5.75 Å². The number of phenols is 1. The molecule has 7 nitrogen and oxygen atoms in total. The summed E-state index contributed by atoms with van der Waals surface area (Å²) in [5.41, 5.74) is 10.3. The maximum absolute atomic E-state index is 12.6. The summed E-state index contributed by atoms with van der Waals surface area (Å²) in [6, 6.07) is 10.6. The fraction of sp³-hybridized carbons (Fsp3) is 0.348. The molecule has 173 valence electrons. The first-order valence-electron chi connectivity index (χ1n) is 9.75. The van der Waals surface area contributed by atoms with Crippen molar-refractivity contribution in [1.29, 1.82) is 0 Å². The number of benzene rings is 2. The van der Waals surface area contributed by atoms with Gasteiger partial charge < -0.3 is 25.5 Å². The molecule has 0 saturated heterocycles. The number of rotatable bonds is 4. The minimum atomic E-state index is -0.378. The zero-order valence-corrected chi connectivity index (χ0v) is 23.4. The number of nitrogens with two attached hydrogens (primary N) is 1. The third-order valence-electron chi connectivity index (χ3n) is 4.43. The molecular formula is C23H33N4O3SY-. The Balaban J connectivity index is 0.00000124. The third kappa shape index (κ3) is 8.85. The minimum absolute atomic E-state index is 0. The van der Waals surface area contributed by atoms with Crippen LogP contribution in [0.25, 0.3) is 16.3 Å². The fourth-order valence-electron chi connectivity index (χ4n) is 3.05. The van der Waals surface area contributed by atoms with Crippen molar-refractivity contribution >= 4 is 29.5 Å². The van der Waals surface area contributed by atoms with E-state index in [1.54, 1.807) is 33.3 Å². The summed E-state index contributed by atoms with van der Waals surface area (Å²) in [5.74, 6) is 0.0749. The first-order valence-corrected chi connectivity index (χ1v) is 10.2. The van der Waals surface area contributed by atoms with Crippen LogP contribution in [0.3, 0.4) is 0 Å². The Morgan fingerprint density at radius 2 is 1.78 bits per heavy atom. The van der Waals surface area contributed by atoms with Gasteiger partial charge in [0.2, 0.25) is 0 Å². The second-order valence-corrected chi connectivity index (χ2v) is 7.69. The normalized spacial score (nSPS) is 10.0. The number of aromatic hydroxyl groups is 1. The van der Waals surface area contributed by atoms with Crippen molar-refractivity contribution < 1.29 is 42.2 Å². The van der Waals surface area contributed by atoms with Gasteiger partial charge in [-0.15, -0.1) is 0 Å². The average molecular weight is 535 g/mol. The van der Waals surface area contributed by atoms with Gasteiger partial charge in [-0.1, -0.05) is 24.9 Å². The van der Waals surface area contributed by atoms with E-state index in [0.717, 1.165) is 22.1 Å². The van der Waals surface area contributed by atoms with Gasteiger partial charge in [0.05, 0.1) is 0 Å². The molecule has 0 bridgehead atoms. The number of fused-ring (bicyclic) bond motifs is 1. The molecule has 0 aliphatic carbocycles. The average Bonchev–Trinajstić information content (AvgIpc) is 2.68.